The first-order chi connectivity index (χ1) is 14.7. The summed E-state index contributed by atoms with van der Waals surface area (Å²) in [7, 11) is 0. The number of allylic oxidation sites excluding steroid dienone is 1. The lowest BCUT2D eigenvalue weighted by Gasteiger charge is -2.57. The molecule has 3 heterocycles. The van der Waals surface area contributed by atoms with Crippen LogP contribution in [0, 0.1) is 0 Å². The fraction of sp³-hybridized carbons (Fsp3) is 0.440. The molecule has 4 rings (SSSR count). The third-order valence-electron chi connectivity index (χ3n) is 6.48. The van der Waals surface area contributed by atoms with Gasteiger partial charge in [-0.25, -0.2) is 0 Å². The molecule has 1 aromatic heterocycles. The number of rotatable bonds is 5. The highest BCUT2D eigenvalue weighted by atomic mass is 16.3. The minimum atomic E-state index is 0.135. The van der Waals surface area contributed by atoms with E-state index in [2.05, 4.69) is 40.2 Å². The number of aliphatic hydroxyl groups excluding tert-OH is 1. The fourth-order valence-electron chi connectivity index (χ4n) is 4.98. The average molecular weight is 406 g/mol. The van der Waals surface area contributed by atoms with E-state index in [1.165, 1.54) is 11.1 Å². The van der Waals surface area contributed by atoms with Gasteiger partial charge in [-0.3, -0.25) is 14.7 Å². The summed E-state index contributed by atoms with van der Waals surface area (Å²) in [4.78, 5) is 21.6. The SMILES string of the molecule is C/C=C/c1ccc([C@H]2[C@H](CO)N3CCCCN(C(=O)Cc4cccnc4)C[C@@H]23)cc1. The highest BCUT2D eigenvalue weighted by Crippen LogP contribution is 2.42. The summed E-state index contributed by atoms with van der Waals surface area (Å²) in [5.74, 6) is 0.418. The van der Waals surface area contributed by atoms with Crippen molar-refractivity contribution < 1.29 is 9.90 Å². The van der Waals surface area contributed by atoms with Crippen LogP contribution in [0.5, 0.6) is 0 Å². The van der Waals surface area contributed by atoms with Crippen LogP contribution in [-0.4, -0.2) is 64.1 Å². The summed E-state index contributed by atoms with van der Waals surface area (Å²) in [5.41, 5.74) is 3.40. The zero-order valence-electron chi connectivity index (χ0n) is 17.7. The molecule has 2 aromatic rings. The van der Waals surface area contributed by atoms with E-state index in [0.717, 1.165) is 38.0 Å². The molecule has 1 aromatic carbocycles. The van der Waals surface area contributed by atoms with E-state index in [4.69, 9.17) is 0 Å². The van der Waals surface area contributed by atoms with Crippen molar-refractivity contribution in [3.8, 4) is 0 Å². The van der Waals surface area contributed by atoms with Gasteiger partial charge < -0.3 is 10.0 Å². The quantitative estimate of drug-likeness (QED) is 0.831. The van der Waals surface area contributed by atoms with Crippen LogP contribution in [0.15, 0.2) is 54.9 Å². The summed E-state index contributed by atoms with van der Waals surface area (Å²) in [6.45, 7) is 4.69. The van der Waals surface area contributed by atoms with Crippen molar-refractivity contribution >= 4 is 12.0 Å². The number of nitrogens with zero attached hydrogens (tertiary/aromatic N) is 3. The number of pyridine rings is 1. The van der Waals surface area contributed by atoms with Crippen LogP contribution in [0.1, 0.15) is 42.4 Å². The first kappa shape index (κ1) is 20.8. The topological polar surface area (TPSA) is 56.7 Å². The summed E-state index contributed by atoms with van der Waals surface area (Å²) in [5, 5.41) is 10.1. The van der Waals surface area contributed by atoms with E-state index >= 15 is 0 Å². The van der Waals surface area contributed by atoms with Crippen LogP contribution >= 0.6 is 0 Å². The molecule has 158 valence electrons. The molecule has 5 heteroatoms. The molecule has 2 fully saturated rings. The summed E-state index contributed by atoms with van der Waals surface area (Å²) in [6.07, 6.45) is 10.1. The Morgan fingerprint density at radius 1 is 1.20 bits per heavy atom. The second-order valence-corrected chi connectivity index (χ2v) is 8.33. The van der Waals surface area contributed by atoms with E-state index < -0.39 is 0 Å². The van der Waals surface area contributed by atoms with Crippen molar-refractivity contribution in [2.75, 3.05) is 26.2 Å². The number of aromatic nitrogens is 1. The van der Waals surface area contributed by atoms with Gasteiger partial charge in [0.25, 0.3) is 0 Å². The molecule has 0 unspecified atom stereocenters. The Kier molecular flexibility index (Phi) is 6.60. The lowest BCUT2D eigenvalue weighted by atomic mass is 9.74. The van der Waals surface area contributed by atoms with Crippen LogP contribution in [0.2, 0.25) is 0 Å². The standard InChI is InChI=1S/C25H31N3O2/c1-2-6-19-8-10-21(11-9-19)25-22-17-27(13-3-4-14-28(22)23(25)18-29)24(30)15-20-7-5-12-26-16-20/h2,5-12,16,22-23,25,29H,3-4,13-15,17-18H2,1H3/b6-2+/t22-,23-,25+/m0/s1. The number of benzene rings is 1. The predicted octanol–water partition coefficient (Wildman–Crippen LogP) is 3.11. The molecule has 1 N–H and O–H groups in total. The van der Waals surface area contributed by atoms with E-state index in [9.17, 15) is 9.90 Å². The van der Waals surface area contributed by atoms with Crippen LogP contribution in [0.4, 0.5) is 0 Å². The van der Waals surface area contributed by atoms with Gasteiger partial charge in [-0.05, 0) is 49.1 Å². The van der Waals surface area contributed by atoms with Crippen molar-refractivity contribution in [1.29, 1.82) is 0 Å². The first-order valence-corrected chi connectivity index (χ1v) is 11.0. The van der Waals surface area contributed by atoms with Gasteiger partial charge in [-0.1, -0.05) is 42.5 Å². The smallest absolute Gasteiger partial charge is 0.227 e. The summed E-state index contributed by atoms with van der Waals surface area (Å²) < 4.78 is 0. The van der Waals surface area contributed by atoms with Crippen LogP contribution in [0.25, 0.3) is 6.08 Å². The molecule has 0 spiro atoms. The molecular formula is C25H31N3O2. The fourth-order valence-corrected chi connectivity index (χ4v) is 4.98. The molecule has 2 saturated heterocycles. The van der Waals surface area contributed by atoms with Crippen LogP contribution < -0.4 is 0 Å². The molecule has 30 heavy (non-hydrogen) atoms. The van der Waals surface area contributed by atoms with E-state index in [1.807, 2.05) is 30.0 Å². The summed E-state index contributed by atoms with van der Waals surface area (Å²) in [6, 6.07) is 12.9. The zero-order valence-corrected chi connectivity index (χ0v) is 17.7. The molecule has 3 atom stereocenters. The first-order valence-electron chi connectivity index (χ1n) is 11.0. The van der Waals surface area contributed by atoms with Crippen molar-refractivity contribution in [1.82, 2.24) is 14.8 Å². The van der Waals surface area contributed by atoms with Crippen molar-refractivity contribution in [3.63, 3.8) is 0 Å². The Bertz CT molecular complexity index is 866. The number of hydrogen-bond donors (Lipinski definition) is 1. The maximum Gasteiger partial charge on any atom is 0.227 e. The van der Waals surface area contributed by atoms with Gasteiger partial charge in [0, 0.05) is 43.5 Å². The van der Waals surface area contributed by atoms with Crippen molar-refractivity contribution in [3.05, 3.63) is 71.6 Å². The summed E-state index contributed by atoms with van der Waals surface area (Å²) >= 11 is 0. The lowest BCUT2D eigenvalue weighted by molar-refractivity contribution is -0.135. The maximum absolute atomic E-state index is 13.0. The predicted molar refractivity (Wildman–Crippen MR) is 119 cm³/mol. The monoisotopic (exact) mass is 405 g/mol. The molecule has 2 aliphatic rings. The minimum Gasteiger partial charge on any atom is -0.395 e. The third kappa shape index (κ3) is 4.32. The highest BCUT2D eigenvalue weighted by Gasteiger charge is 2.49. The number of aliphatic hydroxyl groups is 1. The third-order valence-corrected chi connectivity index (χ3v) is 6.48. The van der Waals surface area contributed by atoms with Crippen LogP contribution in [-0.2, 0) is 11.2 Å². The number of amides is 1. The Labute approximate surface area is 179 Å². The van der Waals surface area contributed by atoms with E-state index in [0.29, 0.717) is 6.42 Å². The molecule has 2 aliphatic heterocycles. The number of fused-ring (bicyclic) bond motifs is 1. The van der Waals surface area contributed by atoms with Gasteiger partial charge in [0.15, 0.2) is 0 Å². The largest absolute Gasteiger partial charge is 0.395 e. The molecule has 0 bridgehead atoms. The van der Waals surface area contributed by atoms with Gasteiger partial charge in [0.1, 0.15) is 0 Å². The highest BCUT2D eigenvalue weighted by molar-refractivity contribution is 5.78. The maximum atomic E-state index is 13.0. The van der Waals surface area contributed by atoms with Gasteiger partial charge >= 0.3 is 0 Å². The molecule has 0 aliphatic carbocycles. The van der Waals surface area contributed by atoms with Crippen molar-refractivity contribution in [2.24, 2.45) is 0 Å². The van der Waals surface area contributed by atoms with Gasteiger partial charge in [0.2, 0.25) is 5.91 Å². The van der Waals surface area contributed by atoms with Gasteiger partial charge in [-0.2, -0.15) is 0 Å². The Balaban J connectivity index is 1.52. The second-order valence-electron chi connectivity index (χ2n) is 8.33. The van der Waals surface area contributed by atoms with Gasteiger partial charge in [0.05, 0.1) is 13.0 Å². The Morgan fingerprint density at radius 2 is 2.00 bits per heavy atom. The second kappa shape index (κ2) is 9.54. The Hall–Kier alpha value is -2.50. The molecule has 0 saturated carbocycles. The molecule has 1 amide bonds. The lowest BCUT2D eigenvalue weighted by Crippen LogP contribution is -2.68. The number of carbonyl (C=O) groups is 1. The normalized spacial score (nSPS) is 24.7. The van der Waals surface area contributed by atoms with E-state index in [-0.39, 0.29) is 30.5 Å². The molecular weight excluding hydrogens is 374 g/mol. The molecule has 0 radical (unpaired) electrons. The van der Waals surface area contributed by atoms with Gasteiger partial charge in [-0.15, -0.1) is 0 Å². The van der Waals surface area contributed by atoms with Crippen molar-refractivity contribution in [2.45, 2.75) is 44.2 Å². The average Bonchev–Trinajstić information content (AvgIpc) is 2.74. The zero-order chi connectivity index (χ0) is 20.9. The van der Waals surface area contributed by atoms with E-state index in [1.54, 1.807) is 12.4 Å². The number of hydrogen-bond acceptors (Lipinski definition) is 4. The Morgan fingerprint density at radius 3 is 2.70 bits per heavy atom. The molecule has 5 nitrogen and oxygen atoms in total. The van der Waals surface area contributed by atoms with Crippen LogP contribution in [0.3, 0.4) is 0 Å². The number of carbonyl (C=O) groups excluding carboxylic acids is 1. The minimum absolute atomic E-state index is 0.135.